The molecule has 0 amide bonds. The SMILES string of the molecule is O=C([O-])CCCCCCCOc1cccc(O)c1.[Na+]. The number of carbonyl (C=O) groups excluding carboxylic acids is 1. The fraction of sp³-hybridized carbons (Fsp3) is 0.500. The standard InChI is InChI=1S/C14H20O4.Na/c15-12-7-6-8-13(11-12)18-10-5-3-1-2-4-9-14(16)17;/h6-8,11,15H,1-5,9-10H2,(H,16,17);/q;+1/p-1. The third kappa shape index (κ3) is 9.82. The zero-order valence-electron chi connectivity index (χ0n) is 11.4. The van der Waals surface area contributed by atoms with Gasteiger partial charge in [0.2, 0.25) is 0 Å². The van der Waals surface area contributed by atoms with E-state index in [9.17, 15) is 15.0 Å². The molecule has 0 radical (unpaired) electrons. The van der Waals surface area contributed by atoms with Crippen molar-refractivity contribution in [3.8, 4) is 11.5 Å². The predicted molar refractivity (Wildman–Crippen MR) is 66.3 cm³/mol. The molecular formula is C14H19NaO4. The Morgan fingerprint density at radius 3 is 2.53 bits per heavy atom. The van der Waals surface area contributed by atoms with E-state index in [4.69, 9.17) is 4.74 Å². The van der Waals surface area contributed by atoms with Crippen molar-refractivity contribution in [1.82, 2.24) is 0 Å². The molecule has 19 heavy (non-hydrogen) atoms. The molecule has 0 fully saturated rings. The minimum atomic E-state index is -0.970. The number of phenolic OH excluding ortho intramolecular Hbond substituents is 1. The zero-order chi connectivity index (χ0) is 13.2. The Morgan fingerprint density at radius 2 is 1.84 bits per heavy atom. The normalized spacial score (nSPS) is 9.68. The Morgan fingerprint density at radius 1 is 1.16 bits per heavy atom. The van der Waals surface area contributed by atoms with Gasteiger partial charge in [0.15, 0.2) is 0 Å². The molecule has 4 nitrogen and oxygen atoms in total. The molecule has 1 rings (SSSR count). The average molecular weight is 274 g/mol. The fourth-order valence-corrected chi connectivity index (χ4v) is 1.67. The first kappa shape index (κ1) is 18.3. The van der Waals surface area contributed by atoms with Crippen LogP contribution < -0.4 is 39.4 Å². The molecule has 0 saturated carbocycles. The zero-order valence-corrected chi connectivity index (χ0v) is 13.4. The van der Waals surface area contributed by atoms with Gasteiger partial charge < -0.3 is 19.7 Å². The van der Waals surface area contributed by atoms with Crippen LogP contribution in [0.15, 0.2) is 24.3 Å². The van der Waals surface area contributed by atoms with E-state index in [1.165, 1.54) is 0 Å². The molecule has 5 heteroatoms. The Hall–Kier alpha value is -0.710. The van der Waals surface area contributed by atoms with Crippen LogP contribution in [-0.4, -0.2) is 17.7 Å². The smallest absolute Gasteiger partial charge is 0.550 e. The molecule has 0 aliphatic heterocycles. The van der Waals surface area contributed by atoms with Crippen molar-refractivity contribution >= 4 is 5.97 Å². The molecule has 1 aromatic rings. The van der Waals surface area contributed by atoms with Crippen molar-refractivity contribution in [2.45, 2.75) is 38.5 Å². The number of hydrogen-bond acceptors (Lipinski definition) is 4. The van der Waals surface area contributed by atoms with E-state index in [1.807, 2.05) is 0 Å². The summed E-state index contributed by atoms with van der Waals surface area (Å²) < 4.78 is 5.47. The first-order chi connectivity index (χ1) is 8.68. The minimum Gasteiger partial charge on any atom is -0.550 e. The number of carboxylic acid groups (broad SMARTS) is 1. The van der Waals surface area contributed by atoms with Crippen molar-refractivity contribution in [2.24, 2.45) is 0 Å². The maximum absolute atomic E-state index is 10.2. The summed E-state index contributed by atoms with van der Waals surface area (Å²) in [4.78, 5) is 10.2. The van der Waals surface area contributed by atoms with Crippen LogP contribution in [-0.2, 0) is 4.79 Å². The predicted octanol–water partition coefficient (Wildman–Crippen LogP) is -1.13. The number of carboxylic acids is 1. The van der Waals surface area contributed by atoms with Gasteiger partial charge in [0, 0.05) is 12.0 Å². The number of aromatic hydroxyl groups is 1. The molecule has 0 aromatic heterocycles. The van der Waals surface area contributed by atoms with Gasteiger partial charge in [0.25, 0.3) is 0 Å². The molecule has 0 spiro atoms. The van der Waals surface area contributed by atoms with Crippen LogP contribution in [0.4, 0.5) is 0 Å². The van der Waals surface area contributed by atoms with Crippen LogP contribution in [0.3, 0.4) is 0 Å². The van der Waals surface area contributed by atoms with E-state index in [-0.39, 0.29) is 41.7 Å². The van der Waals surface area contributed by atoms with Gasteiger partial charge in [-0.15, -0.1) is 0 Å². The molecule has 0 heterocycles. The maximum Gasteiger partial charge on any atom is 1.00 e. The third-order valence-electron chi connectivity index (χ3n) is 2.61. The third-order valence-corrected chi connectivity index (χ3v) is 2.61. The summed E-state index contributed by atoms with van der Waals surface area (Å²) in [7, 11) is 0. The number of unbranched alkanes of at least 4 members (excludes halogenated alkanes) is 4. The molecule has 0 atom stereocenters. The van der Waals surface area contributed by atoms with Gasteiger partial charge in [-0.3, -0.25) is 0 Å². The summed E-state index contributed by atoms with van der Waals surface area (Å²) in [6.07, 6.45) is 4.72. The number of hydrogen-bond donors (Lipinski definition) is 1. The number of carbonyl (C=O) groups is 1. The van der Waals surface area contributed by atoms with Crippen LogP contribution in [0.1, 0.15) is 38.5 Å². The summed E-state index contributed by atoms with van der Waals surface area (Å²) in [6, 6.07) is 6.73. The monoisotopic (exact) mass is 274 g/mol. The first-order valence-electron chi connectivity index (χ1n) is 6.30. The molecule has 0 unspecified atom stereocenters. The maximum atomic E-state index is 10.2. The average Bonchev–Trinajstić information content (AvgIpc) is 2.32. The number of benzene rings is 1. The summed E-state index contributed by atoms with van der Waals surface area (Å²) >= 11 is 0. The van der Waals surface area contributed by atoms with Gasteiger partial charge in [-0.25, -0.2) is 0 Å². The van der Waals surface area contributed by atoms with Gasteiger partial charge in [0.1, 0.15) is 11.5 Å². The van der Waals surface area contributed by atoms with Crippen LogP contribution in [0.5, 0.6) is 11.5 Å². The van der Waals surface area contributed by atoms with E-state index in [2.05, 4.69) is 0 Å². The molecule has 0 bridgehead atoms. The van der Waals surface area contributed by atoms with E-state index >= 15 is 0 Å². The quantitative estimate of drug-likeness (QED) is 0.457. The van der Waals surface area contributed by atoms with E-state index in [1.54, 1.807) is 24.3 Å². The van der Waals surface area contributed by atoms with Crippen molar-refractivity contribution in [1.29, 1.82) is 0 Å². The van der Waals surface area contributed by atoms with Crippen molar-refractivity contribution < 1.29 is 49.3 Å². The topological polar surface area (TPSA) is 69.6 Å². The van der Waals surface area contributed by atoms with E-state index < -0.39 is 5.97 Å². The van der Waals surface area contributed by atoms with Gasteiger partial charge in [-0.05, 0) is 31.4 Å². The largest absolute Gasteiger partial charge is 1.00 e. The Labute approximate surface area is 136 Å². The van der Waals surface area contributed by atoms with Gasteiger partial charge >= 0.3 is 29.6 Å². The second-order valence-electron chi connectivity index (χ2n) is 4.24. The van der Waals surface area contributed by atoms with Crippen LogP contribution >= 0.6 is 0 Å². The molecule has 0 aliphatic carbocycles. The Kier molecular flexibility index (Phi) is 10.7. The molecule has 100 valence electrons. The van der Waals surface area contributed by atoms with Crippen molar-refractivity contribution in [3.63, 3.8) is 0 Å². The molecule has 0 aliphatic rings. The summed E-state index contributed by atoms with van der Waals surface area (Å²) in [5, 5.41) is 19.4. The van der Waals surface area contributed by atoms with Crippen LogP contribution in [0, 0.1) is 0 Å². The van der Waals surface area contributed by atoms with Crippen molar-refractivity contribution in [3.05, 3.63) is 24.3 Å². The number of ether oxygens (including phenoxy) is 1. The number of phenols is 1. The van der Waals surface area contributed by atoms with Crippen molar-refractivity contribution in [2.75, 3.05) is 6.61 Å². The molecule has 1 N–H and O–H groups in total. The van der Waals surface area contributed by atoms with Gasteiger partial charge in [-0.1, -0.05) is 25.3 Å². The van der Waals surface area contributed by atoms with Crippen LogP contribution in [0.2, 0.25) is 0 Å². The Bertz CT molecular complexity index is 368. The fourth-order valence-electron chi connectivity index (χ4n) is 1.67. The summed E-state index contributed by atoms with van der Waals surface area (Å²) in [5.74, 6) is -0.0936. The number of aliphatic carboxylic acids is 1. The molecule has 0 saturated heterocycles. The first-order valence-corrected chi connectivity index (χ1v) is 6.30. The second-order valence-corrected chi connectivity index (χ2v) is 4.24. The Balaban J connectivity index is 0.00000324. The molecular weight excluding hydrogens is 255 g/mol. The summed E-state index contributed by atoms with van der Waals surface area (Å²) in [6.45, 7) is 0.615. The van der Waals surface area contributed by atoms with E-state index in [0.717, 1.165) is 25.7 Å². The molecule has 1 aromatic carbocycles. The van der Waals surface area contributed by atoms with Crippen LogP contribution in [0.25, 0.3) is 0 Å². The number of rotatable bonds is 9. The van der Waals surface area contributed by atoms with Gasteiger partial charge in [-0.2, -0.15) is 0 Å². The van der Waals surface area contributed by atoms with Gasteiger partial charge in [0.05, 0.1) is 6.61 Å². The minimum absolute atomic E-state index is 0. The second kappa shape index (κ2) is 11.1. The summed E-state index contributed by atoms with van der Waals surface area (Å²) in [5.41, 5.74) is 0. The van der Waals surface area contributed by atoms with E-state index in [0.29, 0.717) is 18.8 Å².